The van der Waals surface area contributed by atoms with Gasteiger partial charge in [-0.1, -0.05) is 13.8 Å². The molecule has 5 nitrogen and oxygen atoms in total. The van der Waals surface area contributed by atoms with Crippen molar-refractivity contribution in [1.82, 2.24) is 10.2 Å². The molecule has 1 saturated heterocycles. The van der Waals surface area contributed by atoms with E-state index in [-0.39, 0.29) is 17.7 Å². The molecule has 104 valence electrons. The van der Waals surface area contributed by atoms with E-state index in [1.807, 2.05) is 18.7 Å². The maximum Gasteiger partial charge on any atom is 0.239 e. The monoisotopic (exact) mass is 255 g/mol. The normalized spacial score (nSPS) is 18.8. The second kappa shape index (κ2) is 6.73. The molecule has 0 bridgehead atoms. The van der Waals surface area contributed by atoms with Crippen LogP contribution in [0.2, 0.25) is 0 Å². The van der Waals surface area contributed by atoms with Gasteiger partial charge in [0, 0.05) is 26.6 Å². The van der Waals surface area contributed by atoms with Gasteiger partial charge in [-0.25, -0.2) is 0 Å². The van der Waals surface area contributed by atoms with Crippen LogP contribution in [0.5, 0.6) is 0 Å². The third kappa shape index (κ3) is 4.29. The van der Waals surface area contributed by atoms with Crippen LogP contribution in [0.1, 0.15) is 33.6 Å². The fourth-order valence-electron chi connectivity index (χ4n) is 2.14. The molecule has 1 heterocycles. The first-order valence-electron chi connectivity index (χ1n) is 6.70. The number of amides is 2. The standard InChI is InChI=1S/C13H25N3O2/c1-9(2)12(14)13(18)16-6-4-11(5-7-16)8-15-10(3)17/h9,11-12H,4-8,14H2,1-3H3,(H,15,17)/t12-/m1/s1. The van der Waals surface area contributed by atoms with E-state index < -0.39 is 6.04 Å². The summed E-state index contributed by atoms with van der Waals surface area (Å²) in [6, 6.07) is -0.392. The molecule has 0 aromatic heterocycles. The van der Waals surface area contributed by atoms with Gasteiger partial charge in [0.05, 0.1) is 6.04 Å². The Kier molecular flexibility index (Phi) is 5.59. The summed E-state index contributed by atoms with van der Waals surface area (Å²) < 4.78 is 0. The molecule has 0 radical (unpaired) electrons. The van der Waals surface area contributed by atoms with Crippen molar-refractivity contribution in [3.8, 4) is 0 Å². The van der Waals surface area contributed by atoms with Gasteiger partial charge in [-0.2, -0.15) is 0 Å². The molecule has 0 aliphatic carbocycles. The van der Waals surface area contributed by atoms with Gasteiger partial charge in [-0.15, -0.1) is 0 Å². The van der Waals surface area contributed by atoms with Gasteiger partial charge in [-0.05, 0) is 24.7 Å². The van der Waals surface area contributed by atoms with Crippen LogP contribution in [0.15, 0.2) is 0 Å². The lowest BCUT2D eigenvalue weighted by Crippen LogP contribution is -2.50. The number of piperidine rings is 1. The lowest BCUT2D eigenvalue weighted by molar-refractivity contribution is -0.135. The molecule has 0 aromatic carbocycles. The van der Waals surface area contributed by atoms with Crippen LogP contribution in [-0.4, -0.2) is 42.4 Å². The van der Waals surface area contributed by atoms with Crippen LogP contribution < -0.4 is 11.1 Å². The number of likely N-dealkylation sites (tertiary alicyclic amines) is 1. The van der Waals surface area contributed by atoms with E-state index in [4.69, 9.17) is 5.73 Å². The van der Waals surface area contributed by atoms with Gasteiger partial charge < -0.3 is 16.0 Å². The molecular formula is C13H25N3O2. The molecule has 2 amide bonds. The maximum atomic E-state index is 12.0. The van der Waals surface area contributed by atoms with Crippen LogP contribution >= 0.6 is 0 Å². The van der Waals surface area contributed by atoms with E-state index in [2.05, 4.69) is 5.32 Å². The SMILES string of the molecule is CC(=O)NCC1CCN(C(=O)[C@H](N)C(C)C)CC1. The van der Waals surface area contributed by atoms with Crippen molar-refractivity contribution in [2.75, 3.05) is 19.6 Å². The van der Waals surface area contributed by atoms with Crippen molar-refractivity contribution in [3.05, 3.63) is 0 Å². The number of hydrogen-bond donors (Lipinski definition) is 2. The van der Waals surface area contributed by atoms with E-state index in [0.29, 0.717) is 12.5 Å². The summed E-state index contributed by atoms with van der Waals surface area (Å²) in [6.07, 6.45) is 1.88. The fourth-order valence-corrected chi connectivity index (χ4v) is 2.14. The maximum absolute atomic E-state index is 12.0. The summed E-state index contributed by atoms with van der Waals surface area (Å²) in [6.45, 7) is 7.68. The van der Waals surface area contributed by atoms with Crippen LogP contribution in [0.3, 0.4) is 0 Å². The zero-order valence-electron chi connectivity index (χ0n) is 11.6. The van der Waals surface area contributed by atoms with Crippen LogP contribution in [0.25, 0.3) is 0 Å². The number of carbonyl (C=O) groups is 2. The Morgan fingerprint density at radius 3 is 2.33 bits per heavy atom. The van der Waals surface area contributed by atoms with E-state index in [9.17, 15) is 9.59 Å². The first-order chi connectivity index (χ1) is 8.41. The number of carbonyl (C=O) groups excluding carboxylic acids is 2. The highest BCUT2D eigenvalue weighted by atomic mass is 16.2. The Morgan fingerprint density at radius 1 is 1.33 bits per heavy atom. The minimum Gasteiger partial charge on any atom is -0.356 e. The van der Waals surface area contributed by atoms with E-state index >= 15 is 0 Å². The molecule has 1 atom stereocenters. The van der Waals surface area contributed by atoms with Gasteiger partial charge in [0.25, 0.3) is 0 Å². The van der Waals surface area contributed by atoms with E-state index in [1.54, 1.807) is 0 Å². The molecule has 5 heteroatoms. The third-order valence-corrected chi connectivity index (χ3v) is 3.57. The van der Waals surface area contributed by atoms with Crippen LogP contribution in [0, 0.1) is 11.8 Å². The summed E-state index contributed by atoms with van der Waals surface area (Å²) in [4.78, 5) is 24.7. The van der Waals surface area contributed by atoms with Crippen molar-refractivity contribution in [3.63, 3.8) is 0 Å². The smallest absolute Gasteiger partial charge is 0.239 e. The van der Waals surface area contributed by atoms with E-state index in [0.717, 1.165) is 25.9 Å². The Bertz CT molecular complexity index is 297. The van der Waals surface area contributed by atoms with Gasteiger partial charge in [-0.3, -0.25) is 9.59 Å². The highest BCUT2D eigenvalue weighted by Crippen LogP contribution is 2.17. The van der Waals surface area contributed by atoms with Crippen LogP contribution in [-0.2, 0) is 9.59 Å². The van der Waals surface area contributed by atoms with Gasteiger partial charge in [0.2, 0.25) is 11.8 Å². The summed E-state index contributed by atoms with van der Waals surface area (Å²) in [5.41, 5.74) is 5.88. The Balaban J connectivity index is 2.35. The summed E-state index contributed by atoms with van der Waals surface area (Å²) >= 11 is 0. The minimum absolute atomic E-state index is 0.00957. The molecule has 1 rings (SSSR count). The first-order valence-corrected chi connectivity index (χ1v) is 6.70. The summed E-state index contributed by atoms with van der Waals surface area (Å²) in [5, 5.41) is 2.83. The average Bonchev–Trinajstić information content (AvgIpc) is 2.35. The number of rotatable bonds is 4. The topological polar surface area (TPSA) is 75.4 Å². The molecule has 1 aliphatic heterocycles. The Hall–Kier alpha value is -1.10. The average molecular weight is 255 g/mol. The van der Waals surface area contributed by atoms with Crippen molar-refractivity contribution < 1.29 is 9.59 Å². The lowest BCUT2D eigenvalue weighted by Gasteiger charge is -2.34. The summed E-state index contributed by atoms with van der Waals surface area (Å²) in [7, 11) is 0. The number of nitrogens with zero attached hydrogens (tertiary/aromatic N) is 1. The predicted octanol–water partition coefficient (Wildman–Crippen LogP) is 0.344. The molecule has 0 aromatic rings. The number of nitrogens with two attached hydrogens (primary N) is 1. The molecule has 0 spiro atoms. The van der Waals surface area contributed by atoms with Crippen molar-refractivity contribution in [1.29, 1.82) is 0 Å². The molecule has 3 N–H and O–H groups in total. The Labute approximate surface area is 109 Å². The van der Waals surface area contributed by atoms with Gasteiger partial charge >= 0.3 is 0 Å². The highest BCUT2D eigenvalue weighted by molar-refractivity contribution is 5.82. The van der Waals surface area contributed by atoms with Gasteiger partial charge in [0.15, 0.2) is 0 Å². The van der Waals surface area contributed by atoms with Crippen molar-refractivity contribution >= 4 is 11.8 Å². The quantitative estimate of drug-likeness (QED) is 0.761. The minimum atomic E-state index is -0.392. The van der Waals surface area contributed by atoms with Gasteiger partial charge in [0.1, 0.15) is 0 Å². The summed E-state index contributed by atoms with van der Waals surface area (Å²) in [5.74, 6) is 0.723. The third-order valence-electron chi connectivity index (χ3n) is 3.57. The van der Waals surface area contributed by atoms with Crippen molar-refractivity contribution in [2.24, 2.45) is 17.6 Å². The highest BCUT2D eigenvalue weighted by Gasteiger charge is 2.27. The molecule has 0 unspecified atom stereocenters. The molecule has 1 aliphatic rings. The zero-order valence-corrected chi connectivity index (χ0v) is 11.6. The zero-order chi connectivity index (χ0) is 13.7. The molecule has 0 saturated carbocycles. The van der Waals surface area contributed by atoms with Crippen molar-refractivity contribution in [2.45, 2.75) is 39.7 Å². The second-order valence-corrected chi connectivity index (χ2v) is 5.48. The number of hydrogen-bond acceptors (Lipinski definition) is 3. The molecule has 1 fully saturated rings. The fraction of sp³-hybridized carbons (Fsp3) is 0.846. The second-order valence-electron chi connectivity index (χ2n) is 5.48. The molecule has 18 heavy (non-hydrogen) atoms. The first kappa shape index (κ1) is 15.0. The van der Waals surface area contributed by atoms with Crippen LogP contribution in [0.4, 0.5) is 0 Å². The van der Waals surface area contributed by atoms with E-state index in [1.165, 1.54) is 6.92 Å². The Morgan fingerprint density at radius 2 is 1.89 bits per heavy atom. The predicted molar refractivity (Wildman–Crippen MR) is 70.8 cm³/mol. The largest absolute Gasteiger partial charge is 0.356 e. The lowest BCUT2D eigenvalue weighted by atomic mass is 9.95. The molecular weight excluding hydrogens is 230 g/mol. The number of nitrogens with one attached hydrogen (secondary N) is 1.